The van der Waals surface area contributed by atoms with Crippen molar-refractivity contribution in [3.05, 3.63) is 71.0 Å². The highest BCUT2D eigenvalue weighted by Gasteiger charge is 2.33. The zero-order chi connectivity index (χ0) is 23.7. The molecule has 3 aromatic rings. The Morgan fingerprint density at radius 1 is 1.27 bits per heavy atom. The molecule has 2 aromatic heterocycles. The molecule has 3 heterocycles. The molecule has 0 radical (unpaired) electrons. The second kappa shape index (κ2) is 9.24. The fraction of sp³-hybridized carbons (Fsp3) is 0.261. The highest BCUT2D eigenvalue weighted by molar-refractivity contribution is 7.10. The zero-order valence-electron chi connectivity index (χ0n) is 18.4. The number of phenols is 1. The third kappa shape index (κ3) is 4.07. The number of hydrogen-bond donors (Lipinski definition) is 1. The van der Waals surface area contributed by atoms with Gasteiger partial charge in [0, 0.05) is 4.88 Å². The topological polar surface area (TPSA) is 99.4 Å². The van der Waals surface area contributed by atoms with Crippen LogP contribution in [-0.4, -0.2) is 36.5 Å². The quantitative estimate of drug-likeness (QED) is 0.538. The van der Waals surface area contributed by atoms with Crippen molar-refractivity contribution in [2.75, 3.05) is 20.8 Å². The predicted molar refractivity (Wildman–Crippen MR) is 126 cm³/mol. The predicted octanol–water partition coefficient (Wildman–Crippen LogP) is 2.58. The van der Waals surface area contributed by atoms with Gasteiger partial charge in [0.05, 0.1) is 36.6 Å². The Balaban J connectivity index is 1.93. The second-order valence-corrected chi connectivity index (χ2v) is 9.08. The number of rotatable bonds is 6. The maximum atomic E-state index is 13.5. The molecule has 1 atom stereocenters. The number of methoxy groups -OCH3 is 2. The van der Waals surface area contributed by atoms with Crippen molar-refractivity contribution >= 4 is 34.7 Å². The average molecular weight is 487 g/mol. The molecule has 0 amide bonds. The smallest absolute Gasteiger partial charge is 0.338 e. The number of carbonyl (C=O) groups excluding carboxylic acids is 1. The van der Waals surface area contributed by atoms with Crippen molar-refractivity contribution in [3.8, 4) is 17.2 Å². The van der Waals surface area contributed by atoms with Gasteiger partial charge in [-0.05, 0) is 49.1 Å². The highest BCUT2D eigenvalue weighted by Crippen LogP contribution is 2.37. The molecule has 1 aliphatic heterocycles. The summed E-state index contributed by atoms with van der Waals surface area (Å²) >= 11 is 2.68. The average Bonchev–Trinajstić information content (AvgIpc) is 3.42. The monoisotopic (exact) mass is 486 g/mol. The molecule has 0 bridgehead atoms. The number of aromatic nitrogens is 1. The van der Waals surface area contributed by atoms with Crippen molar-refractivity contribution in [1.29, 1.82) is 0 Å². The fourth-order valence-corrected chi connectivity index (χ4v) is 5.53. The Kier molecular flexibility index (Phi) is 6.39. The minimum atomic E-state index is -0.619. The Morgan fingerprint density at radius 3 is 2.55 bits per heavy atom. The van der Waals surface area contributed by atoms with E-state index in [2.05, 4.69) is 4.99 Å². The van der Waals surface area contributed by atoms with Crippen molar-refractivity contribution in [2.24, 2.45) is 4.99 Å². The number of benzene rings is 1. The van der Waals surface area contributed by atoms with Gasteiger partial charge in [0.2, 0.25) is 5.75 Å². The molecule has 1 N–H and O–H groups in total. The first-order valence-electron chi connectivity index (χ1n) is 10.1. The summed E-state index contributed by atoms with van der Waals surface area (Å²) in [7, 11) is 2.87. The first-order valence-corrected chi connectivity index (χ1v) is 11.8. The van der Waals surface area contributed by atoms with Crippen LogP contribution in [0.5, 0.6) is 17.2 Å². The maximum absolute atomic E-state index is 13.5. The number of thiazole rings is 1. The fourth-order valence-electron chi connectivity index (χ4n) is 3.66. The third-order valence-electron chi connectivity index (χ3n) is 5.13. The Labute approximate surface area is 197 Å². The van der Waals surface area contributed by atoms with E-state index in [1.54, 1.807) is 32.1 Å². The molecular formula is C23H22N2O6S2. The van der Waals surface area contributed by atoms with Crippen molar-refractivity contribution in [1.82, 2.24) is 4.57 Å². The first kappa shape index (κ1) is 22.8. The minimum Gasteiger partial charge on any atom is -0.502 e. The lowest BCUT2D eigenvalue weighted by Gasteiger charge is -2.23. The summed E-state index contributed by atoms with van der Waals surface area (Å²) in [5.74, 6) is -0.152. The molecule has 0 aliphatic carbocycles. The van der Waals surface area contributed by atoms with E-state index in [1.165, 1.54) is 41.5 Å². The van der Waals surface area contributed by atoms with E-state index in [9.17, 15) is 14.7 Å². The van der Waals surface area contributed by atoms with Gasteiger partial charge in [0.1, 0.15) is 6.04 Å². The van der Waals surface area contributed by atoms with Gasteiger partial charge in [-0.1, -0.05) is 17.4 Å². The number of thiophene rings is 1. The second-order valence-electron chi connectivity index (χ2n) is 7.09. The number of ether oxygens (including phenoxy) is 3. The van der Waals surface area contributed by atoms with Gasteiger partial charge >= 0.3 is 5.97 Å². The van der Waals surface area contributed by atoms with Gasteiger partial charge in [-0.2, -0.15) is 0 Å². The van der Waals surface area contributed by atoms with Crippen LogP contribution in [-0.2, 0) is 9.53 Å². The Morgan fingerprint density at radius 2 is 1.97 bits per heavy atom. The molecule has 1 aliphatic rings. The summed E-state index contributed by atoms with van der Waals surface area (Å²) in [6, 6.07) is 6.37. The molecule has 0 unspecified atom stereocenters. The van der Waals surface area contributed by atoms with Crippen LogP contribution in [0, 0.1) is 0 Å². The molecule has 4 rings (SSSR count). The first-order chi connectivity index (χ1) is 15.9. The van der Waals surface area contributed by atoms with E-state index in [1.807, 2.05) is 17.5 Å². The number of esters is 1. The van der Waals surface area contributed by atoms with Crippen molar-refractivity contribution in [2.45, 2.75) is 19.9 Å². The minimum absolute atomic E-state index is 0.119. The summed E-state index contributed by atoms with van der Waals surface area (Å²) in [6.07, 6.45) is 1.68. The highest BCUT2D eigenvalue weighted by atomic mass is 32.1. The van der Waals surface area contributed by atoms with Crippen molar-refractivity contribution in [3.63, 3.8) is 0 Å². The number of carbonyl (C=O) groups is 1. The van der Waals surface area contributed by atoms with Gasteiger partial charge < -0.3 is 19.3 Å². The molecule has 33 heavy (non-hydrogen) atoms. The number of hydrogen-bond acceptors (Lipinski definition) is 9. The number of phenolic OH excluding ortho intramolecular Hbond substituents is 1. The molecule has 8 nitrogen and oxygen atoms in total. The molecular weight excluding hydrogens is 464 g/mol. The van der Waals surface area contributed by atoms with E-state index in [0.717, 1.165) is 4.88 Å². The largest absolute Gasteiger partial charge is 0.502 e. The Hall–Kier alpha value is -3.37. The van der Waals surface area contributed by atoms with Crippen LogP contribution in [0.25, 0.3) is 6.08 Å². The zero-order valence-corrected chi connectivity index (χ0v) is 20.1. The molecule has 1 aromatic carbocycles. The van der Waals surface area contributed by atoms with Crippen LogP contribution in [0.2, 0.25) is 0 Å². The lowest BCUT2D eigenvalue weighted by molar-refractivity contribution is -0.139. The molecule has 0 saturated heterocycles. The maximum Gasteiger partial charge on any atom is 0.338 e. The van der Waals surface area contributed by atoms with Gasteiger partial charge in [0.25, 0.3) is 5.56 Å². The van der Waals surface area contributed by atoms with Crippen LogP contribution in [0.1, 0.15) is 30.3 Å². The van der Waals surface area contributed by atoms with Gasteiger partial charge in [-0.15, -0.1) is 11.3 Å². The number of allylic oxidation sites excluding steroid dienone is 1. The lowest BCUT2D eigenvalue weighted by Crippen LogP contribution is -2.39. The summed E-state index contributed by atoms with van der Waals surface area (Å²) in [5, 5.41) is 12.1. The summed E-state index contributed by atoms with van der Waals surface area (Å²) in [4.78, 5) is 32.2. The Bertz CT molecular complexity index is 1390. The standard InChI is InChI=1S/C23H22N2O6S2/c1-5-31-22(28)18-12(2)24-23-25(19(18)16-7-6-8-32-16)21(27)17(33-23)11-13-9-14(29-3)20(26)15(10-13)30-4/h6-11,19,26H,5H2,1-4H3/b17-11+/t19-/m1/s1. The summed E-state index contributed by atoms with van der Waals surface area (Å²) < 4.78 is 17.7. The van der Waals surface area contributed by atoms with Crippen LogP contribution < -0.4 is 24.4 Å². The molecule has 10 heteroatoms. The number of fused-ring (bicyclic) bond motifs is 1. The summed E-state index contributed by atoms with van der Waals surface area (Å²) in [6.45, 7) is 3.71. The molecule has 0 spiro atoms. The summed E-state index contributed by atoms with van der Waals surface area (Å²) in [5.41, 5.74) is 1.21. The SMILES string of the molecule is CCOC(=O)C1=C(C)N=c2s/c(=C/c3cc(OC)c(O)c(OC)c3)c(=O)n2[C@@H]1c1cccs1. The lowest BCUT2D eigenvalue weighted by atomic mass is 10.0. The molecule has 0 fully saturated rings. The van der Waals surface area contributed by atoms with Crippen LogP contribution in [0.3, 0.4) is 0 Å². The number of aromatic hydroxyl groups is 1. The van der Waals surface area contributed by atoms with E-state index in [-0.39, 0.29) is 29.4 Å². The normalized spacial score (nSPS) is 15.8. The van der Waals surface area contributed by atoms with E-state index in [0.29, 0.717) is 26.2 Å². The van der Waals surface area contributed by atoms with Crippen LogP contribution in [0.4, 0.5) is 0 Å². The molecule has 0 saturated carbocycles. The number of nitrogens with zero attached hydrogens (tertiary/aromatic N) is 2. The van der Waals surface area contributed by atoms with Gasteiger partial charge in [0.15, 0.2) is 16.3 Å². The van der Waals surface area contributed by atoms with E-state index in [4.69, 9.17) is 14.2 Å². The van der Waals surface area contributed by atoms with Crippen LogP contribution >= 0.6 is 22.7 Å². The van der Waals surface area contributed by atoms with Gasteiger partial charge in [-0.25, -0.2) is 9.79 Å². The molecule has 172 valence electrons. The third-order valence-corrected chi connectivity index (χ3v) is 7.04. The van der Waals surface area contributed by atoms with E-state index < -0.39 is 12.0 Å². The van der Waals surface area contributed by atoms with Gasteiger partial charge in [-0.3, -0.25) is 9.36 Å². The van der Waals surface area contributed by atoms with Crippen LogP contribution in [0.15, 0.2) is 50.7 Å². The van der Waals surface area contributed by atoms with Crippen molar-refractivity contribution < 1.29 is 24.1 Å². The van der Waals surface area contributed by atoms with E-state index >= 15 is 0 Å².